The fourth-order valence-electron chi connectivity index (χ4n) is 2.23. The Kier molecular flexibility index (Phi) is 2.98. The number of phenolic OH excluding ortho intramolecular Hbond substituents is 1. The van der Waals surface area contributed by atoms with Crippen molar-refractivity contribution < 1.29 is 13.5 Å². The second kappa shape index (κ2) is 4.60. The van der Waals surface area contributed by atoms with E-state index in [1.165, 1.54) is 12.3 Å². The molecule has 0 atom stereocenters. The number of fused-ring (bicyclic) bond motifs is 1. The Morgan fingerprint density at radius 1 is 1.19 bits per heavy atom. The Labute approximate surface area is 122 Å². The number of benzene rings is 2. The van der Waals surface area contributed by atoms with E-state index in [9.17, 15) is 13.5 Å². The Balaban J connectivity index is 2.20. The summed E-state index contributed by atoms with van der Waals surface area (Å²) in [6.45, 7) is 1.81. The van der Waals surface area contributed by atoms with Crippen LogP contribution in [-0.4, -0.2) is 29.7 Å². The van der Waals surface area contributed by atoms with Crippen LogP contribution in [0.1, 0.15) is 5.56 Å². The van der Waals surface area contributed by atoms with Gasteiger partial charge in [-0.2, -0.15) is 0 Å². The van der Waals surface area contributed by atoms with Crippen molar-refractivity contribution in [2.24, 2.45) is 0 Å². The van der Waals surface area contributed by atoms with Gasteiger partial charge in [0, 0.05) is 17.4 Å². The third-order valence-electron chi connectivity index (χ3n) is 3.44. The molecule has 0 aliphatic heterocycles. The molecule has 3 rings (SSSR count). The fraction of sp³-hybridized carbons (Fsp3) is 0.133. The lowest BCUT2D eigenvalue weighted by atomic mass is 10.1. The molecule has 6 heteroatoms. The van der Waals surface area contributed by atoms with E-state index in [0.29, 0.717) is 16.9 Å². The van der Waals surface area contributed by atoms with Gasteiger partial charge in [0.1, 0.15) is 11.6 Å². The number of imidazole rings is 1. The van der Waals surface area contributed by atoms with Gasteiger partial charge in [-0.1, -0.05) is 12.1 Å². The van der Waals surface area contributed by atoms with Gasteiger partial charge < -0.3 is 10.1 Å². The topological polar surface area (TPSA) is 83.1 Å². The van der Waals surface area contributed by atoms with Gasteiger partial charge in [-0.15, -0.1) is 0 Å². The molecule has 0 bridgehead atoms. The van der Waals surface area contributed by atoms with Crippen molar-refractivity contribution in [3.05, 3.63) is 42.0 Å². The fourth-order valence-corrected chi connectivity index (χ4v) is 2.87. The molecule has 1 heterocycles. The number of rotatable bonds is 2. The van der Waals surface area contributed by atoms with Gasteiger partial charge in [0.25, 0.3) is 0 Å². The summed E-state index contributed by atoms with van der Waals surface area (Å²) in [4.78, 5) is 7.80. The first-order chi connectivity index (χ1) is 9.86. The maximum absolute atomic E-state index is 11.6. The van der Waals surface area contributed by atoms with Crippen molar-refractivity contribution in [1.82, 2.24) is 9.97 Å². The van der Waals surface area contributed by atoms with E-state index in [1.54, 1.807) is 31.2 Å². The van der Waals surface area contributed by atoms with Crippen LogP contribution in [0.2, 0.25) is 0 Å². The van der Waals surface area contributed by atoms with Crippen LogP contribution in [0.4, 0.5) is 0 Å². The molecule has 0 aliphatic rings. The van der Waals surface area contributed by atoms with Crippen LogP contribution in [-0.2, 0) is 9.84 Å². The van der Waals surface area contributed by atoms with Crippen LogP contribution >= 0.6 is 0 Å². The molecule has 5 nitrogen and oxygen atoms in total. The SMILES string of the molecule is Cc1c(O)cccc1-c1nc2ccc(S(C)(=O)=O)cc2[nH]1. The minimum Gasteiger partial charge on any atom is -0.508 e. The zero-order chi connectivity index (χ0) is 15.2. The highest BCUT2D eigenvalue weighted by molar-refractivity contribution is 7.90. The van der Waals surface area contributed by atoms with E-state index in [1.807, 2.05) is 6.07 Å². The van der Waals surface area contributed by atoms with Crippen LogP contribution in [0.3, 0.4) is 0 Å². The summed E-state index contributed by atoms with van der Waals surface area (Å²) in [6.07, 6.45) is 1.17. The van der Waals surface area contributed by atoms with Crippen LogP contribution in [0, 0.1) is 6.92 Å². The molecule has 0 unspecified atom stereocenters. The average Bonchev–Trinajstić information content (AvgIpc) is 2.83. The van der Waals surface area contributed by atoms with Gasteiger partial charge >= 0.3 is 0 Å². The number of sulfone groups is 1. The van der Waals surface area contributed by atoms with E-state index in [4.69, 9.17) is 0 Å². The lowest BCUT2D eigenvalue weighted by Gasteiger charge is -2.03. The number of H-pyrrole nitrogens is 1. The molecule has 0 spiro atoms. The summed E-state index contributed by atoms with van der Waals surface area (Å²) in [5.74, 6) is 0.800. The van der Waals surface area contributed by atoms with E-state index in [-0.39, 0.29) is 10.6 Å². The number of nitrogens with one attached hydrogen (secondary N) is 1. The zero-order valence-corrected chi connectivity index (χ0v) is 12.4. The van der Waals surface area contributed by atoms with Gasteiger partial charge in [0.2, 0.25) is 0 Å². The van der Waals surface area contributed by atoms with Crippen LogP contribution in [0.25, 0.3) is 22.4 Å². The van der Waals surface area contributed by atoms with Crippen molar-refractivity contribution in [2.45, 2.75) is 11.8 Å². The maximum Gasteiger partial charge on any atom is 0.175 e. The molecule has 0 amide bonds. The third kappa shape index (κ3) is 2.38. The summed E-state index contributed by atoms with van der Waals surface area (Å²) in [5.41, 5.74) is 2.84. The first kappa shape index (κ1) is 13.6. The minimum absolute atomic E-state index is 0.199. The number of hydrogen-bond donors (Lipinski definition) is 2. The molecular weight excluding hydrogens is 288 g/mol. The molecule has 21 heavy (non-hydrogen) atoms. The molecule has 3 aromatic rings. The Morgan fingerprint density at radius 3 is 2.67 bits per heavy atom. The van der Waals surface area contributed by atoms with Crippen molar-refractivity contribution in [3.8, 4) is 17.1 Å². The smallest absolute Gasteiger partial charge is 0.175 e. The summed E-state index contributed by atoms with van der Waals surface area (Å²) >= 11 is 0. The number of nitrogens with zero attached hydrogens (tertiary/aromatic N) is 1. The first-order valence-electron chi connectivity index (χ1n) is 6.35. The van der Waals surface area contributed by atoms with Crippen molar-refractivity contribution in [3.63, 3.8) is 0 Å². The average molecular weight is 302 g/mol. The van der Waals surface area contributed by atoms with Crippen LogP contribution in [0.5, 0.6) is 5.75 Å². The molecule has 0 fully saturated rings. The molecule has 2 N–H and O–H groups in total. The number of phenols is 1. The Morgan fingerprint density at radius 2 is 1.95 bits per heavy atom. The molecule has 2 aromatic carbocycles. The standard InChI is InChI=1S/C15H14N2O3S/c1-9-11(4-3-5-14(9)18)15-16-12-7-6-10(21(2,19)20)8-13(12)17-15/h3-8,18H,1-2H3,(H,16,17). The molecular formula is C15H14N2O3S. The molecule has 1 aromatic heterocycles. The predicted molar refractivity (Wildman–Crippen MR) is 81.0 cm³/mol. The number of hydrogen-bond acceptors (Lipinski definition) is 4. The highest BCUT2D eigenvalue weighted by atomic mass is 32.2. The van der Waals surface area contributed by atoms with Crippen molar-refractivity contribution in [2.75, 3.05) is 6.26 Å². The van der Waals surface area contributed by atoms with Gasteiger partial charge in [-0.05, 0) is 31.2 Å². The number of aromatic amines is 1. The lowest BCUT2D eigenvalue weighted by Crippen LogP contribution is -1.96. The molecule has 108 valence electrons. The van der Waals surface area contributed by atoms with Gasteiger partial charge in [0.15, 0.2) is 9.84 Å². The summed E-state index contributed by atoms with van der Waals surface area (Å²) in [5, 5.41) is 9.77. The largest absolute Gasteiger partial charge is 0.508 e. The first-order valence-corrected chi connectivity index (χ1v) is 8.24. The Hall–Kier alpha value is -2.34. The normalized spacial score (nSPS) is 11.9. The van der Waals surface area contributed by atoms with Crippen molar-refractivity contribution >= 4 is 20.9 Å². The summed E-state index contributed by atoms with van der Waals surface area (Å²) < 4.78 is 23.2. The van der Waals surface area contributed by atoms with Gasteiger partial charge in [-0.25, -0.2) is 13.4 Å². The maximum atomic E-state index is 11.6. The quantitative estimate of drug-likeness (QED) is 0.762. The van der Waals surface area contributed by atoms with E-state index >= 15 is 0 Å². The number of aromatic nitrogens is 2. The number of aromatic hydroxyl groups is 1. The van der Waals surface area contributed by atoms with Crippen LogP contribution in [0.15, 0.2) is 41.3 Å². The van der Waals surface area contributed by atoms with Crippen molar-refractivity contribution in [1.29, 1.82) is 0 Å². The highest BCUT2D eigenvalue weighted by Gasteiger charge is 2.13. The molecule has 0 saturated carbocycles. The third-order valence-corrected chi connectivity index (χ3v) is 4.55. The van der Waals surface area contributed by atoms with Gasteiger partial charge in [0.05, 0.1) is 15.9 Å². The van der Waals surface area contributed by atoms with Crippen LogP contribution < -0.4 is 0 Å². The monoisotopic (exact) mass is 302 g/mol. The minimum atomic E-state index is -3.25. The predicted octanol–water partition coefficient (Wildman–Crippen LogP) is 2.65. The highest BCUT2D eigenvalue weighted by Crippen LogP contribution is 2.29. The molecule has 0 aliphatic carbocycles. The molecule has 0 radical (unpaired) electrons. The zero-order valence-electron chi connectivity index (χ0n) is 11.6. The van der Waals surface area contributed by atoms with E-state index in [2.05, 4.69) is 9.97 Å². The summed E-state index contributed by atoms with van der Waals surface area (Å²) in [7, 11) is -3.25. The lowest BCUT2D eigenvalue weighted by molar-refractivity contribution is 0.471. The second-order valence-corrected chi connectivity index (χ2v) is 7.00. The summed E-state index contributed by atoms with van der Waals surface area (Å²) in [6, 6.07) is 9.99. The van der Waals surface area contributed by atoms with Gasteiger partial charge in [-0.3, -0.25) is 0 Å². The van der Waals surface area contributed by atoms with E-state index < -0.39 is 9.84 Å². The second-order valence-electron chi connectivity index (χ2n) is 4.99. The Bertz CT molecular complexity index is 943. The molecule has 0 saturated heterocycles. The van der Waals surface area contributed by atoms with E-state index in [0.717, 1.165) is 11.1 Å².